The highest BCUT2D eigenvalue weighted by molar-refractivity contribution is 5.91. The molecule has 0 aliphatic heterocycles. The summed E-state index contributed by atoms with van der Waals surface area (Å²) in [6.45, 7) is 0. The van der Waals surface area contributed by atoms with Gasteiger partial charge in [-0.1, -0.05) is 30.3 Å². The Morgan fingerprint density at radius 1 is 0.963 bits per heavy atom. The van der Waals surface area contributed by atoms with Crippen molar-refractivity contribution in [1.29, 1.82) is 0 Å². The van der Waals surface area contributed by atoms with E-state index in [-0.39, 0.29) is 11.4 Å². The molecule has 7 heteroatoms. The van der Waals surface area contributed by atoms with Crippen molar-refractivity contribution in [1.82, 2.24) is 9.97 Å². The van der Waals surface area contributed by atoms with Gasteiger partial charge in [-0.2, -0.15) is 0 Å². The van der Waals surface area contributed by atoms with Crippen LogP contribution in [0.1, 0.15) is 11.6 Å². The van der Waals surface area contributed by atoms with Crippen molar-refractivity contribution in [2.45, 2.75) is 0 Å². The normalized spacial score (nSPS) is 11.1. The van der Waals surface area contributed by atoms with E-state index in [0.29, 0.717) is 11.6 Å². The van der Waals surface area contributed by atoms with Crippen LogP contribution in [0.25, 0.3) is 23.1 Å². The SMILES string of the molecule is O=[N+]([O-])c1ccoc1C=Cc1nc(Nc2ccccc2)c2ccccc2n1. The third-order valence-electron chi connectivity index (χ3n) is 3.91. The second-order valence-corrected chi connectivity index (χ2v) is 5.70. The van der Waals surface area contributed by atoms with Gasteiger partial charge in [0.1, 0.15) is 5.82 Å². The molecule has 2 heterocycles. The van der Waals surface area contributed by atoms with E-state index in [0.717, 1.165) is 16.6 Å². The number of nitro groups is 1. The van der Waals surface area contributed by atoms with Gasteiger partial charge in [0.15, 0.2) is 5.82 Å². The molecular formula is C20H14N4O3. The summed E-state index contributed by atoms with van der Waals surface area (Å²) in [7, 11) is 0. The van der Waals surface area contributed by atoms with E-state index < -0.39 is 4.92 Å². The smallest absolute Gasteiger partial charge is 0.314 e. The van der Waals surface area contributed by atoms with E-state index in [2.05, 4.69) is 15.3 Å². The number of nitrogens with one attached hydrogen (secondary N) is 1. The molecule has 0 aliphatic rings. The molecule has 0 spiro atoms. The lowest BCUT2D eigenvalue weighted by molar-refractivity contribution is -0.385. The van der Waals surface area contributed by atoms with Crippen LogP contribution in [0.3, 0.4) is 0 Å². The molecular weight excluding hydrogens is 344 g/mol. The third-order valence-corrected chi connectivity index (χ3v) is 3.91. The Labute approximate surface area is 154 Å². The maximum absolute atomic E-state index is 11.0. The fourth-order valence-electron chi connectivity index (χ4n) is 2.66. The summed E-state index contributed by atoms with van der Waals surface area (Å²) in [5, 5.41) is 15.2. The van der Waals surface area contributed by atoms with Gasteiger partial charge in [0.25, 0.3) is 0 Å². The summed E-state index contributed by atoms with van der Waals surface area (Å²) in [4.78, 5) is 19.6. The average Bonchev–Trinajstić information content (AvgIpc) is 3.16. The van der Waals surface area contributed by atoms with Crippen LogP contribution in [0, 0.1) is 10.1 Å². The highest BCUT2D eigenvalue weighted by Crippen LogP contribution is 2.25. The molecule has 0 fully saturated rings. The molecule has 0 saturated heterocycles. The maximum atomic E-state index is 11.0. The molecule has 0 aliphatic carbocycles. The van der Waals surface area contributed by atoms with Gasteiger partial charge >= 0.3 is 5.69 Å². The molecule has 0 saturated carbocycles. The first kappa shape index (κ1) is 16.5. The Kier molecular flexibility index (Phi) is 4.32. The fourth-order valence-corrected chi connectivity index (χ4v) is 2.66. The topological polar surface area (TPSA) is 94.1 Å². The quantitative estimate of drug-likeness (QED) is 0.396. The van der Waals surface area contributed by atoms with E-state index in [1.807, 2.05) is 54.6 Å². The lowest BCUT2D eigenvalue weighted by Gasteiger charge is -2.09. The zero-order valence-corrected chi connectivity index (χ0v) is 14.1. The van der Waals surface area contributed by atoms with E-state index in [1.165, 1.54) is 18.4 Å². The van der Waals surface area contributed by atoms with E-state index >= 15 is 0 Å². The molecule has 0 unspecified atom stereocenters. The van der Waals surface area contributed by atoms with Crippen LogP contribution < -0.4 is 5.32 Å². The number of fused-ring (bicyclic) bond motifs is 1. The van der Waals surface area contributed by atoms with E-state index in [1.54, 1.807) is 6.08 Å². The van der Waals surface area contributed by atoms with Gasteiger partial charge in [0.2, 0.25) is 5.76 Å². The summed E-state index contributed by atoms with van der Waals surface area (Å²) in [6, 6.07) is 18.6. The minimum absolute atomic E-state index is 0.102. The van der Waals surface area contributed by atoms with Gasteiger partial charge in [0, 0.05) is 11.1 Å². The van der Waals surface area contributed by atoms with Crippen LogP contribution in [-0.2, 0) is 0 Å². The second-order valence-electron chi connectivity index (χ2n) is 5.70. The number of nitrogens with zero attached hydrogens (tertiary/aromatic N) is 3. The second kappa shape index (κ2) is 7.09. The van der Waals surface area contributed by atoms with Gasteiger partial charge in [-0.3, -0.25) is 10.1 Å². The predicted octanol–water partition coefficient (Wildman–Crippen LogP) is 5.05. The molecule has 2 aromatic heterocycles. The number of rotatable bonds is 5. The highest BCUT2D eigenvalue weighted by Gasteiger charge is 2.14. The number of anilines is 2. The Morgan fingerprint density at radius 2 is 1.74 bits per heavy atom. The van der Waals surface area contributed by atoms with E-state index in [4.69, 9.17) is 4.42 Å². The minimum Gasteiger partial charge on any atom is -0.457 e. The minimum atomic E-state index is -0.493. The standard InChI is InChI=1S/C20H14N4O3/c25-24(26)17-12-13-27-18(17)10-11-19-22-16-9-5-4-8-15(16)20(23-19)21-14-6-2-1-3-7-14/h1-13H,(H,21,22,23). The number of benzene rings is 2. The molecule has 0 amide bonds. The van der Waals surface area contributed by atoms with Crippen LogP contribution in [0.5, 0.6) is 0 Å². The molecule has 27 heavy (non-hydrogen) atoms. The zero-order chi connectivity index (χ0) is 18.6. The van der Waals surface area contributed by atoms with Crippen LogP contribution in [-0.4, -0.2) is 14.9 Å². The maximum Gasteiger partial charge on any atom is 0.314 e. The fraction of sp³-hybridized carbons (Fsp3) is 0. The van der Waals surface area contributed by atoms with Crippen LogP contribution in [0.15, 0.2) is 71.3 Å². The van der Waals surface area contributed by atoms with Gasteiger partial charge in [-0.25, -0.2) is 9.97 Å². The van der Waals surface area contributed by atoms with Crippen molar-refractivity contribution in [3.05, 3.63) is 88.6 Å². The average molecular weight is 358 g/mol. The molecule has 7 nitrogen and oxygen atoms in total. The molecule has 4 rings (SSSR count). The van der Waals surface area contributed by atoms with Crippen molar-refractivity contribution in [3.8, 4) is 0 Å². The number of para-hydroxylation sites is 2. The Bertz CT molecular complexity index is 1140. The van der Waals surface area contributed by atoms with Gasteiger partial charge in [-0.05, 0) is 36.4 Å². The van der Waals surface area contributed by atoms with Gasteiger partial charge in [0.05, 0.1) is 22.8 Å². The summed E-state index contributed by atoms with van der Waals surface area (Å²) >= 11 is 0. The molecule has 0 atom stereocenters. The Hall–Kier alpha value is -4.00. The van der Waals surface area contributed by atoms with Crippen molar-refractivity contribution in [2.75, 3.05) is 5.32 Å². The predicted molar refractivity (Wildman–Crippen MR) is 104 cm³/mol. The molecule has 2 aromatic carbocycles. The number of hydrogen-bond acceptors (Lipinski definition) is 6. The third kappa shape index (κ3) is 3.52. The van der Waals surface area contributed by atoms with Crippen molar-refractivity contribution in [2.24, 2.45) is 0 Å². The zero-order valence-electron chi connectivity index (χ0n) is 14.1. The van der Waals surface area contributed by atoms with Crippen LogP contribution in [0.2, 0.25) is 0 Å². The monoisotopic (exact) mass is 358 g/mol. The molecule has 132 valence electrons. The highest BCUT2D eigenvalue weighted by atomic mass is 16.6. The Morgan fingerprint density at radius 3 is 2.56 bits per heavy atom. The Balaban J connectivity index is 1.74. The van der Waals surface area contributed by atoms with Crippen molar-refractivity contribution < 1.29 is 9.34 Å². The first-order valence-electron chi connectivity index (χ1n) is 8.19. The largest absolute Gasteiger partial charge is 0.457 e. The van der Waals surface area contributed by atoms with Crippen LogP contribution in [0.4, 0.5) is 17.2 Å². The molecule has 1 N–H and O–H groups in total. The van der Waals surface area contributed by atoms with E-state index in [9.17, 15) is 10.1 Å². The molecule has 0 bridgehead atoms. The lowest BCUT2D eigenvalue weighted by atomic mass is 10.2. The first-order valence-corrected chi connectivity index (χ1v) is 8.19. The van der Waals surface area contributed by atoms with Crippen molar-refractivity contribution in [3.63, 3.8) is 0 Å². The van der Waals surface area contributed by atoms with Gasteiger partial charge in [-0.15, -0.1) is 0 Å². The summed E-state index contributed by atoms with van der Waals surface area (Å²) < 4.78 is 5.16. The summed E-state index contributed by atoms with van der Waals surface area (Å²) in [5.41, 5.74) is 1.56. The van der Waals surface area contributed by atoms with Crippen molar-refractivity contribution >= 4 is 40.2 Å². The van der Waals surface area contributed by atoms with Crippen LogP contribution >= 0.6 is 0 Å². The molecule has 4 aromatic rings. The summed E-state index contributed by atoms with van der Waals surface area (Å²) in [5.74, 6) is 1.22. The summed E-state index contributed by atoms with van der Waals surface area (Å²) in [6.07, 6.45) is 4.37. The number of hydrogen-bond donors (Lipinski definition) is 1. The number of aromatic nitrogens is 2. The first-order chi connectivity index (χ1) is 13.2. The number of furan rings is 1. The van der Waals surface area contributed by atoms with Gasteiger partial charge < -0.3 is 9.73 Å². The lowest BCUT2D eigenvalue weighted by Crippen LogP contribution is -1.99. The molecule has 0 radical (unpaired) electrons.